The average Bonchev–Trinajstić information content (AvgIpc) is 2.40. The SMILES string of the molecule is C=CCOC(=O)N[C@@](C)(Cc1ccc(O)c(O)c1)C(=O)O. The number of aromatic hydroxyl groups is 2. The van der Waals surface area contributed by atoms with E-state index in [2.05, 4.69) is 11.9 Å². The lowest BCUT2D eigenvalue weighted by Gasteiger charge is -2.26. The molecule has 21 heavy (non-hydrogen) atoms. The minimum atomic E-state index is -1.62. The summed E-state index contributed by atoms with van der Waals surface area (Å²) in [6.07, 6.45) is 0.373. The summed E-state index contributed by atoms with van der Waals surface area (Å²) in [6, 6.07) is 3.92. The first-order valence-corrected chi connectivity index (χ1v) is 6.08. The number of alkyl carbamates (subject to hydrolysis) is 1. The first-order valence-electron chi connectivity index (χ1n) is 6.08. The van der Waals surface area contributed by atoms with Crippen LogP contribution in [0.1, 0.15) is 12.5 Å². The summed E-state index contributed by atoms with van der Waals surface area (Å²) in [7, 11) is 0. The molecule has 7 heteroatoms. The maximum absolute atomic E-state index is 11.5. The van der Waals surface area contributed by atoms with Crippen LogP contribution >= 0.6 is 0 Å². The van der Waals surface area contributed by atoms with Crippen molar-refractivity contribution in [3.8, 4) is 11.5 Å². The Morgan fingerprint density at radius 1 is 1.38 bits per heavy atom. The van der Waals surface area contributed by atoms with Crippen LogP contribution in [0.3, 0.4) is 0 Å². The van der Waals surface area contributed by atoms with Gasteiger partial charge in [-0.3, -0.25) is 0 Å². The number of carbonyl (C=O) groups is 2. The molecule has 0 saturated heterocycles. The van der Waals surface area contributed by atoms with Gasteiger partial charge in [0.05, 0.1) is 0 Å². The zero-order valence-corrected chi connectivity index (χ0v) is 11.5. The molecule has 7 nitrogen and oxygen atoms in total. The number of benzene rings is 1. The number of hydrogen-bond donors (Lipinski definition) is 4. The normalized spacial score (nSPS) is 13.0. The molecule has 0 aliphatic heterocycles. The molecular weight excluding hydrogens is 278 g/mol. The topological polar surface area (TPSA) is 116 Å². The largest absolute Gasteiger partial charge is 0.504 e. The predicted molar refractivity (Wildman–Crippen MR) is 74.2 cm³/mol. The van der Waals surface area contributed by atoms with E-state index in [4.69, 9.17) is 4.74 Å². The minimum absolute atomic E-state index is 0.0401. The molecule has 0 aliphatic rings. The molecule has 0 fully saturated rings. The summed E-state index contributed by atoms with van der Waals surface area (Å²) in [5.41, 5.74) is -1.19. The van der Waals surface area contributed by atoms with Gasteiger partial charge in [-0.2, -0.15) is 0 Å². The third-order valence-electron chi connectivity index (χ3n) is 2.78. The fourth-order valence-electron chi connectivity index (χ4n) is 1.66. The fourth-order valence-corrected chi connectivity index (χ4v) is 1.66. The number of rotatable bonds is 6. The van der Waals surface area contributed by atoms with Crippen LogP contribution < -0.4 is 5.32 Å². The molecule has 1 atom stereocenters. The number of nitrogens with one attached hydrogen (secondary N) is 1. The molecular formula is C14H17NO6. The summed E-state index contributed by atoms with van der Waals surface area (Å²) in [4.78, 5) is 22.9. The number of aliphatic carboxylic acids is 1. The van der Waals surface area contributed by atoms with Gasteiger partial charge in [0.15, 0.2) is 11.5 Å². The molecule has 0 saturated carbocycles. The van der Waals surface area contributed by atoms with Crippen molar-refractivity contribution in [2.75, 3.05) is 6.61 Å². The smallest absolute Gasteiger partial charge is 0.408 e. The van der Waals surface area contributed by atoms with Crippen LogP contribution in [0.4, 0.5) is 4.79 Å². The van der Waals surface area contributed by atoms with Gasteiger partial charge in [-0.15, -0.1) is 0 Å². The number of ether oxygens (including phenoxy) is 1. The van der Waals surface area contributed by atoms with E-state index in [1.165, 1.54) is 31.2 Å². The molecule has 0 heterocycles. The summed E-state index contributed by atoms with van der Waals surface area (Å²) < 4.78 is 4.70. The van der Waals surface area contributed by atoms with Gasteiger partial charge in [-0.05, 0) is 24.6 Å². The fraction of sp³-hybridized carbons (Fsp3) is 0.286. The van der Waals surface area contributed by atoms with Crippen molar-refractivity contribution in [2.45, 2.75) is 18.9 Å². The molecule has 1 aromatic rings. The molecule has 114 valence electrons. The van der Waals surface area contributed by atoms with E-state index in [-0.39, 0.29) is 24.5 Å². The van der Waals surface area contributed by atoms with Crippen molar-refractivity contribution < 1.29 is 29.6 Å². The number of amides is 1. The number of carboxylic acid groups (broad SMARTS) is 1. The zero-order chi connectivity index (χ0) is 16.0. The van der Waals surface area contributed by atoms with Crippen LogP contribution in [0.2, 0.25) is 0 Å². The lowest BCUT2D eigenvalue weighted by molar-refractivity contribution is -0.143. The highest BCUT2D eigenvalue weighted by Gasteiger charge is 2.35. The third-order valence-corrected chi connectivity index (χ3v) is 2.78. The van der Waals surface area contributed by atoms with Gasteiger partial charge in [0, 0.05) is 6.42 Å². The highest BCUT2D eigenvalue weighted by atomic mass is 16.5. The number of phenols is 2. The first-order chi connectivity index (χ1) is 9.78. The average molecular weight is 295 g/mol. The monoisotopic (exact) mass is 295 g/mol. The minimum Gasteiger partial charge on any atom is -0.504 e. The van der Waals surface area contributed by atoms with E-state index in [1.54, 1.807) is 0 Å². The molecule has 0 unspecified atom stereocenters. The Morgan fingerprint density at radius 2 is 2.05 bits per heavy atom. The van der Waals surface area contributed by atoms with Gasteiger partial charge in [-0.25, -0.2) is 9.59 Å². The molecule has 1 amide bonds. The highest BCUT2D eigenvalue weighted by Crippen LogP contribution is 2.26. The van der Waals surface area contributed by atoms with Gasteiger partial charge < -0.3 is 25.4 Å². The standard InChI is InChI=1S/C14H17NO6/c1-3-6-21-13(20)15-14(2,12(18)19)8-9-4-5-10(16)11(17)7-9/h3-5,7,16-17H,1,6,8H2,2H3,(H,15,20)(H,18,19)/t14-/m0/s1. The molecule has 0 radical (unpaired) electrons. The van der Waals surface area contributed by atoms with Crippen LogP contribution in [-0.4, -0.2) is 39.5 Å². The summed E-state index contributed by atoms with van der Waals surface area (Å²) in [5.74, 6) is -1.94. The molecule has 4 N–H and O–H groups in total. The molecule has 0 aromatic heterocycles. The van der Waals surface area contributed by atoms with Gasteiger partial charge in [-0.1, -0.05) is 18.7 Å². The van der Waals surface area contributed by atoms with Crippen molar-refractivity contribution in [1.29, 1.82) is 0 Å². The number of carbonyl (C=O) groups excluding carboxylic acids is 1. The predicted octanol–water partition coefficient (Wildman–Crippen LogP) is 1.40. The van der Waals surface area contributed by atoms with Crippen molar-refractivity contribution in [3.63, 3.8) is 0 Å². The Bertz CT molecular complexity index is 556. The van der Waals surface area contributed by atoms with E-state index >= 15 is 0 Å². The second kappa shape index (κ2) is 6.65. The van der Waals surface area contributed by atoms with Gasteiger partial charge in [0.25, 0.3) is 0 Å². The number of hydrogen-bond acceptors (Lipinski definition) is 5. The summed E-state index contributed by atoms with van der Waals surface area (Å²) >= 11 is 0. The second-order valence-electron chi connectivity index (χ2n) is 4.65. The van der Waals surface area contributed by atoms with Crippen LogP contribution in [0.5, 0.6) is 11.5 Å². The van der Waals surface area contributed by atoms with E-state index < -0.39 is 17.6 Å². The van der Waals surface area contributed by atoms with Gasteiger partial charge >= 0.3 is 12.1 Å². The molecule has 1 aromatic carbocycles. The lowest BCUT2D eigenvalue weighted by atomic mass is 9.93. The Labute approximate surface area is 121 Å². The zero-order valence-electron chi connectivity index (χ0n) is 11.5. The van der Waals surface area contributed by atoms with Crippen molar-refractivity contribution >= 4 is 12.1 Å². The maximum Gasteiger partial charge on any atom is 0.408 e. The number of carboxylic acids is 1. The van der Waals surface area contributed by atoms with E-state index in [9.17, 15) is 24.9 Å². The van der Waals surface area contributed by atoms with Crippen LogP contribution in [0.15, 0.2) is 30.9 Å². The van der Waals surface area contributed by atoms with Crippen LogP contribution in [0, 0.1) is 0 Å². The van der Waals surface area contributed by atoms with E-state index in [1.807, 2.05) is 0 Å². The maximum atomic E-state index is 11.5. The second-order valence-corrected chi connectivity index (χ2v) is 4.65. The van der Waals surface area contributed by atoms with Crippen molar-refractivity contribution in [2.24, 2.45) is 0 Å². The molecule has 0 aliphatic carbocycles. The van der Waals surface area contributed by atoms with Gasteiger partial charge in [0.2, 0.25) is 0 Å². The Hall–Kier alpha value is -2.70. The highest BCUT2D eigenvalue weighted by molar-refractivity contribution is 5.84. The van der Waals surface area contributed by atoms with Crippen LogP contribution in [-0.2, 0) is 16.0 Å². The Kier molecular flexibility index (Phi) is 5.18. The lowest BCUT2D eigenvalue weighted by Crippen LogP contribution is -2.54. The molecule has 1 rings (SSSR count). The van der Waals surface area contributed by atoms with Gasteiger partial charge in [0.1, 0.15) is 12.1 Å². The van der Waals surface area contributed by atoms with E-state index in [0.717, 1.165) is 0 Å². The summed E-state index contributed by atoms with van der Waals surface area (Å²) in [5, 5.41) is 30.2. The van der Waals surface area contributed by atoms with Crippen molar-refractivity contribution in [1.82, 2.24) is 5.32 Å². The van der Waals surface area contributed by atoms with E-state index in [0.29, 0.717) is 5.56 Å². The molecule has 0 spiro atoms. The van der Waals surface area contributed by atoms with Crippen LogP contribution in [0.25, 0.3) is 0 Å². The number of phenolic OH excluding ortho intramolecular Hbond substituents is 2. The third kappa shape index (κ3) is 4.41. The quantitative estimate of drug-likeness (QED) is 0.465. The molecule has 0 bridgehead atoms. The Balaban J connectivity index is 2.89. The first kappa shape index (κ1) is 16.4. The Morgan fingerprint density at radius 3 is 2.57 bits per heavy atom. The summed E-state index contributed by atoms with van der Waals surface area (Å²) in [6.45, 7) is 4.65. The van der Waals surface area contributed by atoms with Crippen molar-refractivity contribution in [3.05, 3.63) is 36.4 Å².